The zero-order chi connectivity index (χ0) is 24.6. The molecule has 7 nitrogen and oxygen atoms in total. The fourth-order valence-corrected chi connectivity index (χ4v) is 6.02. The number of fused-ring (bicyclic) bond motifs is 3. The van der Waals surface area contributed by atoms with Crippen LogP contribution in [0.5, 0.6) is 17.2 Å². The number of aromatic nitrogens is 1. The maximum absolute atomic E-state index is 13.3. The van der Waals surface area contributed by atoms with Gasteiger partial charge in [-0.05, 0) is 87.4 Å². The smallest absolute Gasteiger partial charge is 0.262 e. The van der Waals surface area contributed by atoms with Crippen LogP contribution in [0.25, 0.3) is 16.5 Å². The Hall–Kier alpha value is -3.03. The Balaban J connectivity index is 1.21. The van der Waals surface area contributed by atoms with Gasteiger partial charge < -0.3 is 23.8 Å². The van der Waals surface area contributed by atoms with Gasteiger partial charge in [-0.3, -0.25) is 9.36 Å². The van der Waals surface area contributed by atoms with Crippen molar-refractivity contribution in [3.05, 3.63) is 59.0 Å². The molecule has 3 saturated heterocycles. The van der Waals surface area contributed by atoms with Crippen LogP contribution in [0.3, 0.4) is 0 Å². The summed E-state index contributed by atoms with van der Waals surface area (Å²) in [4.78, 5) is 15.8. The molecular formula is C29H34N2O5. The fraction of sp³-hybridized carbons (Fsp3) is 0.483. The molecule has 3 fully saturated rings. The third-order valence-electron chi connectivity index (χ3n) is 8.11. The van der Waals surface area contributed by atoms with Gasteiger partial charge in [0.15, 0.2) is 11.5 Å². The first-order valence-electron chi connectivity index (χ1n) is 13.1. The summed E-state index contributed by atoms with van der Waals surface area (Å²) in [6, 6.07) is 14.5. The van der Waals surface area contributed by atoms with Crippen molar-refractivity contribution < 1.29 is 18.9 Å². The monoisotopic (exact) mass is 490 g/mol. The van der Waals surface area contributed by atoms with Gasteiger partial charge in [0.1, 0.15) is 18.5 Å². The van der Waals surface area contributed by atoms with Crippen LogP contribution in [-0.2, 0) is 4.74 Å². The number of pyridine rings is 1. The highest BCUT2D eigenvalue weighted by Gasteiger charge is 2.39. The van der Waals surface area contributed by atoms with E-state index >= 15 is 0 Å². The number of ether oxygens (including phenoxy) is 4. The van der Waals surface area contributed by atoms with Crippen LogP contribution in [0.2, 0.25) is 0 Å². The predicted octanol–water partition coefficient (Wildman–Crippen LogP) is 4.56. The molecule has 2 bridgehead atoms. The maximum Gasteiger partial charge on any atom is 0.262 e. The van der Waals surface area contributed by atoms with Gasteiger partial charge in [0.25, 0.3) is 5.56 Å². The Morgan fingerprint density at radius 3 is 2.58 bits per heavy atom. The number of benzene rings is 2. The van der Waals surface area contributed by atoms with Crippen LogP contribution < -0.4 is 19.8 Å². The van der Waals surface area contributed by atoms with E-state index in [1.807, 2.05) is 42.5 Å². The number of hydrogen-bond acceptors (Lipinski definition) is 6. The van der Waals surface area contributed by atoms with Gasteiger partial charge in [-0.1, -0.05) is 0 Å². The van der Waals surface area contributed by atoms with Gasteiger partial charge in [0.2, 0.25) is 0 Å². The van der Waals surface area contributed by atoms with Crippen LogP contribution in [0.4, 0.5) is 0 Å². The molecule has 2 aromatic carbocycles. The number of nitrogens with zero attached hydrogens (tertiary/aromatic N) is 2. The minimum atomic E-state index is -0.0826. The molecule has 1 aromatic heterocycles. The van der Waals surface area contributed by atoms with E-state index in [2.05, 4.69) is 11.9 Å². The highest BCUT2D eigenvalue weighted by molar-refractivity contribution is 5.83. The first kappa shape index (κ1) is 23.4. The molecule has 36 heavy (non-hydrogen) atoms. The van der Waals surface area contributed by atoms with E-state index in [9.17, 15) is 4.79 Å². The van der Waals surface area contributed by atoms with E-state index in [4.69, 9.17) is 18.9 Å². The second-order valence-electron chi connectivity index (χ2n) is 10.3. The Kier molecular flexibility index (Phi) is 6.36. The lowest BCUT2D eigenvalue weighted by Gasteiger charge is -2.36. The highest BCUT2D eigenvalue weighted by atomic mass is 16.5. The molecule has 0 aliphatic carbocycles. The van der Waals surface area contributed by atoms with Crippen molar-refractivity contribution in [2.75, 3.05) is 27.4 Å². The summed E-state index contributed by atoms with van der Waals surface area (Å²) >= 11 is 0. The molecule has 6 rings (SSSR count). The average molecular weight is 491 g/mol. The van der Waals surface area contributed by atoms with E-state index < -0.39 is 0 Å². The van der Waals surface area contributed by atoms with Gasteiger partial charge in [0.05, 0.1) is 18.9 Å². The van der Waals surface area contributed by atoms with E-state index in [1.54, 1.807) is 17.9 Å². The predicted molar refractivity (Wildman–Crippen MR) is 139 cm³/mol. The number of piperidine rings is 1. The minimum absolute atomic E-state index is 0.0826. The van der Waals surface area contributed by atoms with Gasteiger partial charge in [-0.15, -0.1) is 0 Å². The normalized spacial score (nSPS) is 25.8. The first-order chi connectivity index (χ1) is 17.6. The second kappa shape index (κ2) is 9.79. The summed E-state index contributed by atoms with van der Waals surface area (Å²) in [5.74, 6) is 2.13. The van der Waals surface area contributed by atoms with Crippen LogP contribution in [0, 0.1) is 0 Å². The van der Waals surface area contributed by atoms with Gasteiger partial charge in [0, 0.05) is 36.3 Å². The molecule has 4 atom stereocenters. The van der Waals surface area contributed by atoms with E-state index in [0.717, 1.165) is 54.9 Å². The summed E-state index contributed by atoms with van der Waals surface area (Å²) in [5.41, 5.74) is 0.661. The highest BCUT2D eigenvalue weighted by Crippen LogP contribution is 2.38. The molecule has 3 aliphatic rings. The quantitative estimate of drug-likeness (QED) is 0.484. The van der Waals surface area contributed by atoms with E-state index in [-0.39, 0.29) is 17.8 Å². The molecule has 7 heteroatoms. The molecule has 0 spiro atoms. The minimum Gasteiger partial charge on any atom is -0.493 e. The third kappa shape index (κ3) is 4.46. The lowest BCUT2D eigenvalue weighted by Crippen LogP contribution is -2.43. The molecular weight excluding hydrogens is 456 g/mol. The Labute approximate surface area is 211 Å². The van der Waals surface area contributed by atoms with E-state index in [0.29, 0.717) is 29.8 Å². The molecule has 0 radical (unpaired) electrons. The second-order valence-corrected chi connectivity index (χ2v) is 10.3. The standard InChI is InChI=1S/C29H34N2O5/c1-30-20-5-6-21(30)16-25(15-20)36-27-10-7-22(17-28(27)33-2)31-12-11-19-14-23(8-9-26(19)29(31)32)35-18-24-4-3-13-34-24/h7-12,14,17,20-21,24-25H,3-6,13,15-16,18H2,1-2H3/t20-,21+,24-,25+/m0/s1. The zero-order valence-corrected chi connectivity index (χ0v) is 21.0. The average Bonchev–Trinajstić information content (AvgIpc) is 3.48. The van der Waals surface area contributed by atoms with E-state index in [1.165, 1.54) is 12.8 Å². The molecule has 0 saturated carbocycles. The summed E-state index contributed by atoms with van der Waals surface area (Å²) in [5, 5.41) is 1.49. The Bertz CT molecular complexity index is 1280. The number of hydrogen-bond donors (Lipinski definition) is 0. The zero-order valence-electron chi connectivity index (χ0n) is 21.0. The SMILES string of the molecule is COc1cc(-n2ccc3cc(OC[C@@H]4CCCO4)ccc3c2=O)ccc1O[C@H]1C[C@H]2CC[C@@H](C1)N2C. The van der Waals surface area contributed by atoms with Crippen LogP contribution in [0.15, 0.2) is 53.5 Å². The lowest BCUT2D eigenvalue weighted by molar-refractivity contribution is 0.0643. The van der Waals surface area contributed by atoms with Crippen molar-refractivity contribution >= 4 is 10.8 Å². The summed E-state index contributed by atoms with van der Waals surface area (Å²) in [7, 11) is 3.88. The Morgan fingerprint density at radius 2 is 1.83 bits per heavy atom. The summed E-state index contributed by atoms with van der Waals surface area (Å²) in [6.07, 6.45) is 8.87. The topological polar surface area (TPSA) is 62.2 Å². The molecule has 0 unspecified atom stereocenters. The van der Waals surface area contributed by atoms with Gasteiger partial charge >= 0.3 is 0 Å². The Morgan fingerprint density at radius 1 is 1.00 bits per heavy atom. The first-order valence-corrected chi connectivity index (χ1v) is 13.1. The van der Waals surface area contributed by atoms with Gasteiger partial charge in [-0.2, -0.15) is 0 Å². The lowest BCUT2D eigenvalue weighted by atomic mass is 10.0. The third-order valence-corrected chi connectivity index (χ3v) is 8.11. The molecule has 0 N–H and O–H groups in total. The van der Waals surface area contributed by atoms with Crippen molar-refractivity contribution in [1.82, 2.24) is 9.47 Å². The number of methoxy groups -OCH3 is 1. The summed E-state index contributed by atoms with van der Waals surface area (Å²) in [6.45, 7) is 1.35. The molecule has 3 aliphatic heterocycles. The molecule has 0 amide bonds. The van der Waals surface area contributed by atoms with Crippen LogP contribution in [-0.4, -0.2) is 61.1 Å². The summed E-state index contributed by atoms with van der Waals surface area (Å²) < 4.78 is 25.3. The molecule has 3 aromatic rings. The maximum atomic E-state index is 13.3. The van der Waals surface area contributed by atoms with Gasteiger partial charge in [-0.25, -0.2) is 0 Å². The molecule has 4 heterocycles. The van der Waals surface area contributed by atoms with Crippen LogP contribution >= 0.6 is 0 Å². The van der Waals surface area contributed by atoms with Crippen molar-refractivity contribution in [3.63, 3.8) is 0 Å². The molecule has 190 valence electrons. The van der Waals surface area contributed by atoms with Crippen molar-refractivity contribution in [1.29, 1.82) is 0 Å². The number of rotatable bonds is 7. The fourth-order valence-electron chi connectivity index (χ4n) is 6.02. The van der Waals surface area contributed by atoms with Crippen molar-refractivity contribution in [3.8, 4) is 22.9 Å². The van der Waals surface area contributed by atoms with Crippen LogP contribution in [0.1, 0.15) is 38.5 Å². The van der Waals surface area contributed by atoms with Crippen molar-refractivity contribution in [2.45, 2.75) is 62.8 Å². The largest absolute Gasteiger partial charge is 0.493 e. The van der Waals surface area contributed by atoms with Crippen molar-refractivity contribution in [2.24, 2.45) is 0 Å².